The van der Waals surface area contributed by atoms with Crippen LogP contribution in [-0.2, 0) is 11.3 Å². The molecule has 1 saturated carbocycles. The van der Waals surface area contributed by atoms with E-state index >= 15 is 0 Å². The fraction of sp³-hybridized carbons (Fsp3) is 0.579. The number of piperidine rings is 1. The summed E-state index contributed by atoms with van der Waals surface area (Å²) in [6.45, 7) is 4.86. The molecule has 2 aliphatic rings. The van der Waals surface area contributed by atoms with Gasteiger partial charge in [0.2, 0.25) is 5.91 Å². The van der Waals surface area contributed by atoms with Crippen molar-refractivity contribution in [1.82, 2.24) is 16.0 Å². The quantitative estimate of drug-likeness (QED) is 0.324. The van der Waals surface area contributed by atoms with Crippen LogP contribution in [0.5, 0.6) is 5.75 Å². The van der Waals surface area contributed by atoms with Crippen molar-refractivity contribution in [3.63, 3.8) is 0 Å². The number of hydrogen-bond acceptors (Lipinski definition) is 3. The summed E-state index contributed by atoms with van der Waals surface area (Å²) in [4.78, 5) is 16.0. The fourth-order valence-electron chi connectivity index (χ4n) is 2.80. The van der Waals surface area contributed by atoms with Gasteiger partial charge in [0.05, 0.1) is 13.2 Å². The summed E-state index contributed by atoms with van der Waals surface area (Å²) < 4.78 is 5.96. The van der Waals surface area contributed by atoms with Gasteiger partial charge in [-0.1, -0.05) is 18.2 Å². The Kier molecular flexibility index (Phi) is 8.47. The van der Waals surface area contributed by atoms with Gasteiger partial charge in [0.25, 0.3) is 0 Å². The summed E-state index contributed by atoms with van der Waals surface area (Å²) in [5.74, 6) is 2.57. The second kappa shape index (κ2) is 10.6. The Labute approximate surface area is 172 Å². The number of guanidine groups is 1. The smallest absolute Gasteiger partial charge is 0.220 e. The molecule has 144 valence electrons. The van der Waals surface area contributed by atoms with Crippen molar-refractivity contribution < 1.29 is 9.53 Å². The van der Waals surface area contributed by atoms with Crippen LogP contribution in [0, 0.1) is 5.92 Å². The second-order valence-electron chi connectivity index (χ2n) is 6.74. The summed E-state index contributed by atoms with van der Waals surface area (Å²) in [6.07, 6.45) is 3.96. The van der Waals surface area contributed by atoms with Gasteiger partial charge in [-0.3, -0.25) is 4.79 Å². The number of ether oxygens (including phenoxy) is 1. The standard InChI is InChI=1S/C19H28N4O2.HI/c1-2-20-19(23-16-9-10-18(24)21-12-16)22-11-15-5-3-4-6-17(15)25-13-14-7-8-14;/h3-6,14,16H,2,7-13H2,1H3,(H,21,24)(H2,20,22,23);1H. The molecular weight excluding hydrogens is 443 g/mol. The van der Waals surface area contributed by atoms with Crippen molar-refractivity contribution in [2.45, 2.75) is 45.2 Å². The first-order valence-corrected chi connectivity index (χ1v) is 9.27. The molecule has 1 aliphatic heterocycles. The molecule has 1 heterocycles. The number of rotatable bonds is 7. The summed E-state index contributed by atoms with van der Waals surface area (Å²) in [5.41, 5.74) is 1.09. The minimum atomic E-state index is 0. The van der Waals surface area contributed by atoms with E-state index in [1.165, 1.54) is 12.8 Å². The van der Waals surface area contributed by atoms with Crippen LogP contribution >= 0.6 is 24.0 Å². The normalized spacial score (nSPS) is 20.0. The number of aliphatic imine (C=N–C) groups is 1. The lowest BCUT2D eigenvalue weighted by Crippen LogP contribution is -2.51. The predicted molar refractivity (Wildman–Crippen MR) is 114 cm³/mol. The molecule has 0 spiro atoms. The molecule has 1 aromatic rings. The zero-order chi connectivity index (χ0) is 17.5. The van der Waals surface area contributed by atoms with Crippen LogP contribution in [0.2, 0.25) is 0 Å². The van der Waals surface area contributed by atoms with E-state index in [0.29, 0.717) is 19.5 Å². The van der Waals surface area contributed by atoms with E-state index < -0.39 is 0 Å². The van der Waals surface area contributed by atoms with E-state index in [1.54, 1.807) is 0 Å². The van der Waals surface area contributed by atoms with Gasteiger partial charge in [0, 0.05) is 31.1 Å². The van der Waals surface area contributed by atoms with E-state index in [9.17, 15) is 4.79 Å². The van der Waals surface area contributed by atoms with E-state index in [-0.39, 0.29) is 35.9 Å². The zero-order valence-electron chi connectivity index (χ0n) is 15.3. The lowest BCUT2D eigenvalue weighted by molar-refractivity contribution is -0.122. The SMILES string of the molecule is CCNC(=NCc1ccccc1OCC1CC1)NC1CCC(=O)NC1.I. The molecule has 3 rings (SSSR count). The molecule has 1 amide bonds. The van der Waals surface area contributed by atoms with Crippen LogP contribution in [0.25, 0.3) is 0 Å². The predicted octanol–water partition coefficient (Wildman–Crippen LogP) is 2.43. The average Bonchev–Trinajstić information content (AvgIpc) is 3.45. The molecule has 1 saturated heterocycles. The maximum absolute atomic E-state index is 11.3. The molecule has 1 unspecified atom stereocenters. The van der Waals surface area contributed by atoms with E-state index in [4.69, 9.17) is 9.73 Å². The maximum Gasteiger partial charge on any atom is 0.220 e. The highest BCUT2D eigenvalue weighted by Gasteiger charge is 2.22. The van der Waals surface area contributed by atoms with Crippen LogP contribution in [-0.4, -0.2) is 37.6 Å². The maximum atomic E-state index is 11.3. The van der Waals surface area contributed by atoms with Gasteiger partial charge in [-0.2, -0.15) is 0 Å². The first-order valence-electron chi connectivity index (χ1n) is 9.27. The minimum Gasteiger partial charge on any atom is -0.493 e. The summed E-state index contributed by atoms with van der Waals surface area (Å²) in [6, 6.07) is 8.33. The summed E-state index contributed by atoms with van der Waals surface area (Å²) in [5, 5.41) is 9.58. The highest BCUT2D eigenvalue weighted by molar-refractivity contribution is 14.0. The Morgan fingerprint density at radius 1 is 1.31 bits per heavy atom. The number of benzene rings is 1. The topological polar surface area (TPSA) is 74.8 Å². The van der Waals surface area contributed by atoms with Gasteiger partial charge in [0.15, 0.2) is 5.96 Å². The molecule has 0 radical (unpaired) electrons. The fourth-order valence-corrected chi connectivity index (χ4v) is 2.80. The molecule has 26 heavy (non-hydrogen) atoms. The molecule has 0 bridgehead atoms. The van der Waals surface area contributed by atoms with Crippen LogP contribution < -0.4 is 20.7 Å². The Morgan fingerprint density at radius 2 is 2.12 bits per heavy atom. The lowest BCUT2D eigenvalue weighted by atomic mass is 10.1. The molecule has 1 aromatic carbocycles. The Balaban J connectivity index is 0.00000243. The zero-order valence-corrected chi connectivity index (χ0v) is 17.6. The number of hydrogen-bond donors (Lipinski definition) is 3. The number of carbonyl (C=O) groups excluding carboxylic acids is 1. The van der Waals surface area contributed by atoms with Crippen LogP contribution in [0.3, 0.4) is 0 Å². The molecular formula is C19H29IN4O2. The van der Waals surface area contributed by atoms with Gasteiger partial charge < -0.3 is 20.7 Å². The van der Waals surface area contributed by atoms with Gasteiger partial charge in [-0.05, 0) is 38.2 Å². The van der Waals surface area contributed by atoms with Crippen LogP contribution in [0.4, 0.5) is 0 Å². The molecule has 3 N–H and O–H groups in total. The number of nitrogens with one attached hydrogen (secondary N) is 3. The Hall–Kier alpha value is -1.51. The van der Waals surface area contributed by atoms with E-state index in [2.05, 4.69) is 22.0 Å². The van der Waals surface area contributed by atoms with Gasteiger partial charge in [-0.15, -0.1) is 24.0 Å². The van der Waals surface area contributed by atoms with Crippen molar-refractivity contribution >= 4 is 35.8 Å². The van der Waals surface area contributed by atoms with Crippen molar-refractivity contribution in [3.8, 4) is 5.75 Å². The van der Waals surface area contributed by atoms with Gasteiger partial charge in [0.1, 0.15) is 5.75 Å². The molecule has 0 aromatic heterocycles. The molecule has 1 aliphatic carbocycles. The van der Waals surface area contributed by atoms with E-state index in [1.807, 2.05) is 25.1 Å². The Morgan fingerprint density at radius 3 is 2.81 bits per heavy atom. The second-order valence-corrected chi connectivity index (χ2v) is 6.74. The third-order valence-corrected chi connectivity index (χ3v) is 4.50. The van der Waals surface area contributed by atoms with Gasteiger partial charge >= 0.3 is 0 Å². The van der Waals surface area contributed by atoms with Gasteiger partial charge in [-0.25, -0.2) is 4.99 Å². The first kappa shape index (κ1) is 20.8. The number of para-hydroxylation sites is 1. The van der Waals surface area contributed by atoms with Crippen molar-refractivity contribution in [2.24, 2.45) is 10.9 Å². The van der Waals surface area contributed by atoms with Crippen molar-refractivity contribution in [2.75, 3.05) is 19.7 Å². The van der Waals surface area contributed by atoms with Crippen molar-refractivity contribution in [3.05, 3.63) is 29.8 Å². The van der Waals surface area contributed by atoms with Crippen LogP contribution in [0.1, 0.15) is 38.2 Å². The first-order chi connectivity index (χ1) is 12.2. The average molecular weight is 472 g/mol. The highest BCUT2D eigenvalue weighted by Crippen LogP contribution is 2.30. The lowest BCUT2D eigenvalue weighted by Gasteiger charge is -2.25. The summed E-state index contributed by atoms with van der Waals surface area (Å²) in [7, 11) is 0. The number of amides is 1. The third kappa shape index (κ3) is 6.66. The monoisotopic (exact) mass is 472 g/mol. The number of halogens is 1. The third-order valence-electron chi connectivity index (χ3n) is 4.50. The highest BCUT2D eigenvalue weighted by atomic mass is 127. The number of carbonyl (C=O) groups is 1. The molecule has 6 nitrogen and oxygen atoms in total. The molecule has 7 heteroatoms. The largest absolute Gasteiger partial charge is 0.493 e. The number of nitrogens with zero attached hydrogens (tertiary/aromatic N) is 1. The van der Waals surface area contributed by atoms with E-state index in [0.717, 1.165) is 42.8 Å². The minimum absolute atomic E-state index is 0. The molecule has 1 atom stereocenters. The molecule has 2 fully saturated rings. The summed E-state index contributed by atoms with van der Waals surface area (Å²) >= 11 is 0. The van der Waals surface area contributed by atoms with Crippen molar-refractivity contribution in [1.29, 1.82) is 0 Å². The van der Waals surface area contributed by atoms with Crippen LogP contribution in [0.15, 0.2) is 29.3 Å². The Bertz CT molecular complexity index is 609.